The summed E-state index contributed by atoms with van der Waals surface area (Å²) >= 11 is 1.28. The van der Waals surface area contributed by atoms with E-state index >= 15 is 0 Å². The number of methoxy groups -OCH3 is 2. The summed E-state index contributed by atoms with van der Waals surface area (Å²) in [5.41, 5.74) is 1.04. The van der Waals surface area contributed by atoms with Gasteiger partial charge in [0.15, 0.2) is 11.5 Å². The number of nitrogens with zero attached hydrogens (tertiary/aromatic N) is 2. The maximum Gasteiger partial charge on any atom is 0.282 e. The molecule has 1 aromatic rings. The second-order valence-electron chi connectivity index (χ2n) is 5.90. The van der Waals surface area contributed by atoms with E-state index in [0.717, 1.165) is 30.7 Å². The Morgan fingerprint density at radius 3 is 2.71 bits per heavy atom. The predicted octanol–water partition coefficient (Wildman–Crippen LogP) is 2.54. The number of benzene rings is 1. The molecule has 0 aromatic heterocycles. The van der Waals surface area contributed by atoms with Crippen molar-refractivity contribution in [2.24, 2.45) is 0 Å². The highest BCUT2D eigenvalue weighted by atomic mass is 32.2. The first-order valence-electron chi connectivity index (χ1n) is 8.07. The van der Waals surface area contributed by atoms with Crippen molar-refractivity contribution < 1.29 is 19.1 Å². The summed E-state index contributed by atoms with van der Waals surface area (Å²) in [5, 5.41) is 0.00483. The lowest BCUT2D eigenvalue weighted by atomic mass is 10.0. The fourth-order valence-corrected chi connectivity index (χ4v) is 4.12. The minimum atomic E-state index is 0.00483. The molecule has 0 N–H and O–H groups in total. The molecule has 0 saturated carbocycles. The summed E-state index contributed by atoms with van der Waals surface area (Å²) in [7, 11) is 3.21. The third kappa shape index (κ3) is 3.31. The van der Waals surface area contributed by atoms with E-state index in [0.29, 0.717) is 18.0 Å². The third-order valence-corrected chi connectivity index (χ3v) is 5.43. The highest BCUT2D eigenvalue weighted by Crippen LogP contribution is 2.37. The average Bonchev–Trinajstić information content (AvgIpc) is 3.23. The van der Waals surface area contributed by atoms with Crippen molar-refractivity contribution in [1.29, 1.82) is 0 Å². The van der Waals surface area contributed by atoms with Gasteiger partial charge in [0.1, 0.15) is 6.54 Å². The van der Waals surface area contributed by atoms with Crippen LogP contribution in [-0.4, -0.2) is 60.6 Å². The van der Waals surface area contributed by atoms with Crippen LogP contribution in [0.15, 0.2) is 18.2 Å². The number of rotatable bonds is 5. The van der Waals surface area contributed by atoms with E-state index < -0.39 is 0 Å². The Hall–Kier alpha value is -1.89. The van der Waals surface area contributed by atoms with Crippen molar-refractivity contribution in [2.75, 3.05) is 39.6 Å². The lowest BCUT2D eigenvalue weighted by Crippen LogP contribution is -2.40. The van der Waals surface area contributed by atoms with Crippen LogP contribution < -0.4 is 9.47 Å². The maximum absolute atomic E-state index is 12.7. The van der Waals surface area contributed by atoms with Crippen LogP contribution in [0.1, 0.15) is 24.4 Å². The summed E-state index contributed by atoms with van der Waals surface area (Å²) < 4.78 is 10.6. The Bertz CT molecular complexity index is 637. The second kappa shape index (κ2) is 7.34. The summed E-state index contributed by atoms with van der Waals surface area (Å²) in [6.45, 7) is 1.56. The van der Waals surface area contributed by atoms with Crippen LogP contribution in [0, 0.1) is 0 Å². The van der Waals surface area contributed by atoms with Gasteiger partial charge in [0, 0.05) is 18.8 Å². The van der Waals surface area contributed by atoms with Crippen molar-refractivity contribution in [2.45, 2.75) is 18.9 Å². The monoisotopic (exact) mass is 350 g/mol. The van der Waals surface area contributed by atoms with Gasteiger partial charge in [-0.05, 0) is 30.5 Å². The van der Waals surface area contributed by atoms with Crippen LogP contribution in [0.2, 0.25) is 0 Å². The van der Waals surface area contributed by atoms with Gasteiger partial charge in [-0.3, -0.25) is 9.59 Å². The SMILES string of the molecule is COc1ccc(C2CCCN2C(=O)CN2CCSC2=O)cc1OC. The number of hydrogen-bond donors (Lipinski definition) is 0. The molecule has 2 amide bonds. The zero-order chi connectivity index (χ0) is 17.1. The highest BCUT2D eigenvalue weighted by molar-refractivity contribution is 8.13. The van der Waals surface area contributed by atoms with Crippen LogP contribution in [-0.2, 0) is 4.79 Å². The minimum absolute atomic E-state index is 0.00483. The first-order valence-corrected chi connectivity index (χ1v) is 9.05. The molecule has 1 aromatic carbocycles. The Kier molecular flexibility index (Phi) is 5.18. The van der Waals surface area contributed by atoms with Gasteiger partial charge in [-0.2, -0.15) is 0 Å². The van der Waals surface area contributed by atoms with Gasteiger partial charge in [0.25, 0.3) is 5.24 Å². The zero-order valence-corrected chi connectivity index (χ0v) is 14.8. The van der Waals surface area contributed by atoms with Crippen LogP contribution in [0.5, 0.6) is 11.5 Å². The molecule has 2 aliphatic rings. The standard InChI is InChI=1S/C17H22N2O4S/c1-22-14-6-5-12(10-15(14)23-2)13-4-3-7-19(13)16(20)11-18-8-9-24-17(18)21/h5-6,10,13H,3-4,7-9,11H2,1-2H3. The van der Waals surface area contributed by atoms with Gasteiger partial charge >= 0.3 is 0 Å². The van der Waals surface area contributed by atoms with Crippen molar-refractivity contribution in [3.63, 3.8) is 0 Å². The number of ether oxygens (including phenoxy) is 2. The van der Waals surface area contributed by atoms with Crippen molar-refractivity contribution >= 4 is 22.9 Å². The molecule has 130 valence electrons. The van der Waals surface area contributed by atoms with Gasteiger partial charge in [-0.1, -0.05) is 17.8 Å². The first-order chi connectivity index (χ1) is 11.6. The van der Waals surface area contributed by atoms with E-state index in [9.17, 15) is 9.59 Å². The predicted molar refractivity (Wildman–Crippen MR) is 92.7 cm³/mol. The summed E-state index contributed by atoms with van der Waals surface area (Å²) in [6, 6.07) is 5.82. The van der Waals surface area contributed by atoms with E-state index in [-0.39, 0.29) is 23.7 Å². The Morgan fingerprint density at radius 1 is 1.25 bits per heavy atom. The molecule has 2 fully saturated rings. The molecule has 0 spiro atoms. The van der Waals surface area contributed by atoms with E-state index in [1.54, 1.807) is 19.1 Å². The molecule has 2 heterocycles. The Labute approximate surface area is 146 Å². The number of thioether (sulfide) groups is 1. The lowest BCUT2D eigenvalue weighted by Gasteiger charge is -2.27. The summed E-state index contributed by atoms with van der Waals surface area (Å²) in [6.07, 6.45) is 1.89. The first kappa shape index (κ1) is 17.0. The van der Waals surface area contributed by atoms with Gasteiger partial charge < -0.3 is 19.3 Å². The lowest BCUT2D eigenvalue weighted by molar-refractivity contribution is -0.132. The minimum Gasteiger partial charge on any atom is -0.493 e. The third-order valence-electron chi connectivity index (χ3n) is 4.54. The van der Waals surface area contributed by atoms with Crippen LogP contribution in [0.25, 0.3) is 0 Å². The molecule has 1 atom stereocenters. The van der Waals surface area contributed by atoms with Gasteiger partial charge in [-0.25, -0.2) is 0 Å². The Balaban J connectivity index is 1.75. The second-order valence-corrected chi connectivity index (χ2v) is 6.94. The molecule has 0 aliphatic carbocycles. The summed E-state index contributed by atoms with van der Waals surface area (Å²) in [5.74, 6) is 2.13. The van der Waals surface area contributed by atoms with Gasteiger partial charge in [-0.15, -0.1) is 0 Å². The zero-order valence-electron chi connectivity index (χ0n) is 14.0. The van der Waals surface area contributed by atoms with E-state index in [2.05, 4.69) is 0 Å². The largest absolute Gasteiger partial charge is 0.493 e. The molecule has 0 radical (unpaired) electrons. The van der Waals surface area contributed by atoms with Gasteiger partial charge in [0.2, 0.25) is 5.91 Å². The molecule has 6 nitrogen and oxygen atoms in total. The number of likely N-dealkylation sites (tertiary alicyclic amines) is 1. The number of carbonyl (C=O) groups excluding carboxylic acids is 2. The highest BCUT2D eigenvalue weighted by Gasteiger charge is 2.33. The molecule has 7 heteroatoms. The fraction of sp³-hybridized carbons (Fsp3) is 0.529. The molecule has 2 saturated heterocycles. The fourth-order valence-electron chi connectivity index (χ4n) is 3.30. The molecule has 3 rings (SSSR count). The topological polar surface area (TPSA) is 59.1 Å². The van der Waals surface area contributed by atoms with Crippen molar-refractivity contribution in [3.8, 4) is 11.5 Å². The molecule has 1 unspecified atom stereocenters. The summed E-state index contributed by atoms with van der Waals surface area (Å²) in [4.78, 5) is 27.9. The van der Waals surface area contributed by atoms with Gasteiger partial charge in [0.05, 0.1) is 20.3 Å². The van der Waals surface area contributed by atoms with E-state index in [1.807, 2.05) is 23.1 Å². The smallest absolute Gasteiger partial charge is 0.282 e. The van der Waals surface area contributed by atoms with Crippen molar-refractivity contribution in [1.82, 2.24) is 9.80 Å². The van der Waals surface area contributed by atoms with E-state index in [1.165, 1.54) is 11.8 Å². The normalized spacial score (nSPS) is 20.6. The Morgan fingerprint density at radius 2 is 2.04 bits per heavy atom. The number of carbonyl (C=O) groups is 2. The molecule has 24 heavy (non-hydrogen) atoms. The van der Waals surface area contributed by atoms with Crippen LogP contribution in [0.3, 0.4) is 0 Å². The molecule has 2 aliphatic heterocycles. The van der Waals surface area contributed by atoms with E-state index in [4.69, 9.17) is 9.47 Å². The number of hydrogen-bond acceptors (Lipinski definition) is 5. The molecule has 0 bridgehead atoms. The number of amides is 2. The average molecular weight is 350 g/mol. The maximum atomic E-state index is 12.7. The van der Waals surface area contributed by atoms with Crippen LogP contribution >= 0.6 is 11.8 Å². The molecular formula is C17H22N2O4S. The quantitative estimate of drug-likeness (QED) is 0.817. The van der Waals surface area contributed by atoms with Crippen molar-refractivity contribution in [3.05, 3.63) is 23.8 Å². The molecular weight excluding hydrogens is 328 g/mol. The van der Waals surface area contributed by atoms with Crippen LogP contribution in [0.4, 0.5) is 4.79 Å².